The maximum Gasteiger partial charge on any atom is 0.251 e. The first-order valence-electron chi connectivity index (χ1n) is 10.8. The van der Waals surface area contributed by atoms with Crippen molar-refractivity contribution in [3.8, 4) is 22.7 Å². The molecule has 0 atom stereocenters. The summed E-state index contributed by atoms with van der Waals surface area (Å²) >= 11 is 0. The van der Waals surface area contributed by atoms with Crippen LogP contribution in [0.2, 0.25) is 0 Å². The molecule has 5 heteroatoms. The third-order valence-electron chi connectivity index (χ3n) is 5.63. The molecule has 5 rings (SSSR count). The first-order valence-corrected chi connectivity index (χ1v) is 10.8. The number of fused-ring (bicyclic) bond motifs is 1. The standard InChI is InChI=1S/C28H23N3O2/c1-33-26-15-13-21(14-16-26)28(32)29-18-24-19-31(25-9-3-2-4-10-25)30-27(24)23-12-11-20-7-5-6-8-22(20)17-23/h2-17,19H,18H2,1H3,(H,29,32). The van der Waals surface area contributed by atoms with Crippen LogP contribution in [-0.4, -0.2) is 22.8 Å². The molecule has 33 heavy (non-hydrogen) atoms. The fourth-order valence-corrected chi connectivity index (χ4v) is 3.85. The Bertz CT molecular complexity index is 1410. The molecule has 5 aromatic rings. The van der Waals surface area contributed by atoms with Crippen LogP contribution in [0.5, 0.6) is 5.75 Å². The summed E-state index contributed by atoms with van der Waals surface area (Å²) in [6.45, 7) is 0.361. The third-order valence-corrected chi connectivity index (χ3v) is 5.63. The fraction of sp³-hybridized carbons (Fsp3) is 0.0714. The summed E-state index contributed by atoms with van der Waals surface area (Å²) in [6, 6.07) is 31.6. The van der Waals surface area contributed by atoms with Gasteiger partial charge in [0.15, 0.2) is 0 Å². The molecule has 0 bridgehead atoms. The number of carbonyl (C=O) groups is 1. The predicted molar refractivity (Wildman–Crippen MR) is 131 cm³/mol. The molecule has 1 heterocycles. The Hall–Kier alpha value is -4.38. The molecule has 0 unspecified atom stereocenters. The van der Waals surface area contributed by atoms with E-state index in [2.05, 4.69) is 35.6 Å². The summed E-state index contributed by atoms with van der Waals surface area (Å²) in [5.41, 5.74) is 4.35. The van der Waals surface area contributed by atoms with Gasteiger partial charge in [0.25, 0.3) is 5.91 Å². The molecule has 0 spiro atoms. The lowest BCUT2D eigenvalue weighted by Crippen LogP contribution is -2.22. The molecule has 0 saturated carbocycles. The van der Waals surface area contributed by atoms with Crippen LogP contribution in [0.15, 0.2) is 103 Å². The van der Waals surface area contributed by atoms with Crippen LogP contribution in [-0.2, 0) is 6.54 Å². The summed E-state index contributed by atoms with van der Waals surface area (Å²) < 4.78 is 7.04. The maximum atomic E-state index is 12.7. The van der Waals surface area contributed by atoms with Gasteiger partial charge in [0.2, 0.25) is 0 Å². The van der Waals surface area contributed by atoms with Gasteiger partial charge in [-0.05, 0) is 53.2 Å². The van der Waals surface area contributed by atoms with Crippen molar-refractivity contribution in [1.29, 1.82) is 0 Å². The van der Waals surface area contributed by atoms with Crippen molar-refractivity contribution in [3.05, 3.63) is 114 Å². The lowest BCUT2D eigenvalue weighted by atomic mass is 10.0. The number of nitrogens with one attached hydrogen (secondary N) is 1. The molecular weight excluding hydrogens is 410 g/mol. The number of nitrogens with zero attached hydrogens (tertiary/aromatic N) is 2. The van der Waals surface area contributed by atoms with Crippen molar-refractivity contribution >= 4 is 16.7 Å². The average molecular weight is 434 g/mol. The van der Waals surface area contributed by atoms with Crippen molar-refractivity contribution in [1.82, 2.24) is 15.1 Å². The van der Waals surface area contributed by atoms with E-state index in [9.17, 15) is 4.79 Å². The quantitative estimate of drug-likeness (QED) is 0.378. The van der Waals surface area contributed by atoms with Crippen LogP contribution >= 0.6 is 0 Å². The van der Waals surface area contributed by atoms with Gasteiger partial charge < -0.3 is 10.1 Å². The Balaban J connectivity index is 1.48. The molecule has 1 amide bonds. The van der Waals surface area contributed by atoms with Gasteiger partial charge in [0, 0.05) is 29.4 Å². The van der Waals surface area contributed by atoms with Gasteiger partial charge in [-0.3, -0.25) is 4.79 Å². The Morgan fingerprint density at radius 3 is 2.36 bits per heavy atom. The van der Waals surface area contributed by atoms with Crippen molar-refractivity contribution < 1.29 is 9.53 Å². The number of hydrogen-bond donors (Lipinski definition) is 1. The minimum Gasteiger partial charge on any atom is -0.497 e. The van der Waals surface area contributed by atoms with Crippen LogP contribution in [0.25, 0.3) is 27.7 Å². The molecule has 5 nitrogen and oxygen atoms in total. The van der Waals surface area contributed by atoms with Gasteiger partial charge in [-0.15, -0.1) is 0 Å². The van der Waals surface area contributed by atoms with E-state index in [0.717, 1.165) is 27.9 Å². The van der Waals surface area contributed by atoms with Crippen molar-refractivity contribution in [2.24, 2.45) is 0 Å². The molecule has 0 radical (unpaired) electrons. The fourth-order valence-electron chi connectivity index (χ4n) is 3.85. The molecule has 1 N–H and O–H groups in total. The predicted octanol–water partition coefficient (Wildman–Crippen LogP) is 5.63. The molecular formula is C28H23N3O2. The number of rotatable bonds is 6. The topological polar surface area (TPSA) is 56.1 Å². The van der Waals surface area contributed by atoms with Crippen LogP contribution in [0, 0.1) is 0 Å². The van der Waals surface area contributed by atoms with Gasteiger partial charge in [0.1, 0.15) is 5.75 Å². The van der Waals surface area contributed by atoms with Gasteiger partial charge in [-0.1, -0.05) is 54.6 Å². The number of hydrogen-bond acceptors (Lipinski definition) is 3. The Morgan fingerprint density at radius 2 is 1.61 bits per heavy atom. The van der Waals surface area contributed by atoms with Crippen LogP contribution in [0.3, 0.4) is 0 Å². The zero-order chi connectivity index (χ0) is 22.6. The summed E-state index contributed by atoms with van der Waals surface area (Å²) in [6.07, 6.45) is 1.98. The monoisotopic (exact) mass is 433 g/mol. The highest BCUT2D eigenvalue weighted by molar-refractivity contribution is 5.94. The van der Waals surface area contributed by atoms with E-state index in [0.29, 0.717) is 17.9 Å². The highest BCUT2D eigenvalue weighted by Crippen LogP contribution is 2.27. The van der Waals surface area contributed by atoms with Crippen molar-refractivity contribution in [2.75, 3.05) is 7.11 Å². The van der Waals surface area contributed by atoms with Gasteiger partial charge >= 0.3 is 0 Å². The summed E-state index contributed by atoms with van der Waals surface area (Å²) in [7, 11) is 1.60. The summed E-state index contributed by atoms with van der Waals surface area (Å²) in [4.78, 5) is 12.7. The van der Waals surface area contributed by atoms with Crippen LogP contribution in [0.4, 0.5) is 0 Å². The normalized spacial score (nSPS) is 10.8. The summed E-state index contributed by atoms with van der Waals surface area (Å²) in [5, 5.41) is 10.2. The van der Waals surface area contributed by atoms with E-state index in [1.807, 2.05) is 53.3 Å². The number of amides is 1. The minimum absolute atomic E-state index is 0.144. The number of benzene rings is 4. The molecule has 0 aliphatic rings. The van der Waals surface area contributed by atoms with E-state index in [1.165, 1.54) is 5.39 Å². The first kappa shape index (κ1) is 20.5. The largest absolute Gasteiger partial charge is 0.497 e. The van der Waals surface area contributed by atoms with Crippen LogP contribution < -0.4 is 10.1 Å². The van der Waals surface area contributed by atoms with Crippen molar-refractivity contribution in [2.45, 2.75) is 6.54 Å². The number of aromatic nitrogens is 2. The van der Waals surface area contributed by atoms with E-state index in [4.69, 9.17) is 9.84 Å². The number of methoxy groups -OCH3 is 1. The van der Waals surface area contributed by atoms with E-state index >= 15 is 0 Å². The zero-order valence-electron chi connectivity index (χ0n) is 18.2. The van der Waals surface area contributed by atoms with Crippen LogP contribution in [0.1, 0.15) is 15.9 Å². The Labute approximate surface area is 192 Å². The van der Waals surface area contributed by atoms with E-state index in [-0.39, 0.29) is 5.91 Å². The SMILES string of the molecule is COc1ccc(C(=O)NCc2cn(-c3ccccc3)nc2-c2ccc3ccccc3c2)cc1. The average Bonchev–Trinajstić information content (AvgIpc) is 3.32. The molecule has 1 aromatic heterocycles. The lowest BCUT2D eigenvalue weighted by molar-refractivity contribution is 0.0951. The minimum atomic E-state index is -0.144. The summed E-state index contributed by atoms with van der Waals surface area (Å²) in [5.74, 6) is 0.573. The second-order valence-corrected chi connectivity index (χ2v) is 7.76. The molecule has 0 saturated heterocycles. The highest BCUT2D eigenvalue weighted by atomic mass is 16.5. The molecule has 4 aromatic carbocycles. The second-order valence-electron chi connectivity index (χ2n) is 7.76. The molecule has 0 aliphatic carbocycles. The second kappa shape index (κ2) is 9.01. The van der Waals surface area contributed by atoms with E-state index in [1.54, 1.807) is 31.4 Å². The van der Waals surface area contributed by atoms with E-state index < -0.39 is 0 Å². The van der Waals surface area contributed by atoms with Crippen molar-refractivity contribution in [3.63, 3.8) is 0 Å². The number of carbonyl (C=O) groups excluding carboxylic acids is 1. The number of para-hydroxylation sites is 1. The highest BCUT2D eigenvalue weighted by Gasteiger charge is 2.15. The molecule has 0 fully saturated rings. The molecule has 0 aliphatic heterocycles. The van der Waals surface area contributed by atoms with Gasteiger partial charge in [-0.2, -0.15) is 5.10 Å². The lowest BCUT2D eigenvalue weighted by Gasteiger charge is -2.07. The smallest absolute Gasteiger partial charge is 0.251 e. The van der Waals surface area contributed by atoms with Gasteiger partial charge in [0.05, 0.1) is 18.5 Å². The first-order chi connectivity index (χ1) is 16.2. The van der Waals surface area contributed by atoms with Gasteiger partial charge in [-0.25, -0.2) is 4.68 Å². The Kier molecular flexibility index (Phi) is 5.60. The Morgan fingerprint density at radius 1 is 0.879 bits per heavy atom. The maximum absolute atomic E-state index is 12.7. The zero-order valence-corrected chi connectivity index (χ0v) is 18.2. The number of ether oxygens (including phenoxy) is 1. The third kappa shape index (κ3) is 4.34. The molecule has 162 valence electrons.